The number of nitrogens with one attached hydrogen (secondary N) is 1. The summed E-state index contributed by atoms with van der Waals surface area (Å²) >= 11 is 2.13. The predicted molar refractivity (Wildman–Crippen MR) is 105 cm³/mol. The molecular formula is C18H19IN2O4. The number of ether oxygens (including phenoxy) is 3. The van der Waals surface area contributed by atoms with E-state index in [0.717, 1.165) is 20.6 Å². The molecule has 132 valence electrons. The Labute approximate surface area is 160 Å². The zero-order valence-electron chi connectivity index (χ0n) is 14.2. The fraction of sp³-hybridized carbons (Fsp3) is 0.222. The summed E-state index contributed by atoms with van der Waals surface area (Å²) in [5.41, 5.74) is 4.07. The normalized spacial score (nSPS) is 11.0. The number of amides is 1. The Morgan fingerprint density at radius 1 is 1.08 bits per heavy atom. The first-order valence-electron chi connectivity index (χ1n) is 7.47. The van der Waals surface area contributed by atoms with E-state index in [1.54, 1.807) is 26.4 Å². The zero-order chi connectivity index (χ0) is 18.2. The van der Waals surface area contributed by atoms with E-state index in [2.05, 4.69) is 33.1 Å². The minimum Gasteiger partial charge on any atom is -0.497 e. The third-order valence-corrected chi connectivity index (χ3v) is 4.20. The quantitative estimate of drug-likeness (QED) is 0.397. The summed E-state index contributed by atoms with van der Waals surface area (Å²) in [5, 5.41) is 4.09. The molecule has 0 saturated carbocycles. The number of rotatable bonds is 7. The first-order valence-corrected chi connectivity index (χ1v) is 8.55. The number of halogens is 1. The highest BCUT2D eigenvalue weighted by Crippen LogP contribution is 2.25. The molecule has 2 aromatic rings. The maximum absolute atomic E-state index is 11.9. The molecule has 0 aliphatic carbocycles. The van der Waals surface area contributed by atoms with Crippen LogP contribution in [0.1, 0.15) is 12.5 Å². The molecule has 25 heavy (non-hydrogen) atoms. The van der Waals surface area contributed by atoms with Crippen LogP contribution in [-0.4, -0.2) is 32.4 Å². The second-order valence-electron chi connectivity index (χ2n) is 5.05. The van der Waals surface area contributed by atoms with Gasteiger partial charge in [0.05, 0.1) is 23.5 Å². The molecular weight excluding hydrogens is 435 g/mol. The smallest absolute Gasteiger partial charge is 0.277 e. The van der Waals surface area contributed by atoms with Gasteiger partial charge in [0.2, 0.25) is 0 Å². The van der Waals surface area contributed by atoms with Crippen LogP contribution >= 0.6 is 22.6 Å². The fourth-order valence-electron chi connectivity index (χ4n) is 1.94. The average molecular weight is 454 g/mol. The number of carbonyl (C=O) groups is 1. The molecule has 0 saturated heterocycles. The van der Waals surface area contributed by atoms with Gasteiger partial charge >= 0.3 is 0 Å². The summed E-state index contributed by atoms with van der Waals surface area (Å²) in [6, 6.07) is 12.8. The lowest BCUT2D eigenvalue weighted by Crippen LogP contribution is -2.25. The van der Waals surface area contributed by atoms with Crippen molar-refractivity contribution in [2.24, 2.45) is 5.10 Å². The van der Waals surface area contributed by atoms with Gasteiger partial charge in [0.15, 0.2) is 6.61 Å². The van der Waals surface area contributed by atoms with Crippen LogP contribution in [0.3, 0.4) is 0 Å². The number of hydrogen-bond donors (Lipinski definition) is 1. The lowest BCUT2D eigenvalue weighted by molar-refractivity contribution is -0.123. The molecule has 0 radical (unpaired) electrons. The molecule has 0 spiro atoms. The molecule has 2 aromatic carbocycles. The Bertz CT molecular complexity index is 760. The molecule has 2 rings (SSSR count). The highest BCUT2D eigenvalue weighted by atomic mass is 127. The molecule has 0 atom stereocenters. The Hall–Kier alpha value is -2.29. The number of hydrogen-bond acceptors (Lipinski definition) is 5. The molecule has 0 fully saturated rings. The average Bonchev–Trinajstić information content (AvgIpc) is 2.65. The minimum absolute atomic E-state index is 0.123. The van der Waals surface area contributed by atoms with Crippen LogP contribution < -0.4 is 19.6 Å². The van der Waals surface area contributed by atoms with Gasteiger partial charge in [0, 0.05) is 0 Å². The Kier molecular flexibility index (Phi) is 7.05. The number of methoxy groups -OCH3 is 2. The van der Waals surface area contributed by atoms with E-state index in [1.807, 2.05) is 37.3 Å². The lowest BCUT2D eigenvalue weighted by atomic mass is 10.1. The van der Waals surface area contributed by atoms with Crippen LogP contribution in [0.5, 0.6) is 17.2 Å². The summed E-state index contributed by atoms with van der Waals surface area (Å²) in [5.74, 6) is 1.79. The van der Waals surface area contributed by atoms with Crippen molar-refractivity contribution in [2.45, 2.75) is 6.92 Å². The summed E-state index contributed by atoms with van der Waals surface area (Å²) in [6.07, 6.45) is 0. The van der Waals surface area contributed by atoms with Crippen LogP contribution in [0.2, 0.25) is 0 Å². The summed E-state index contributed by atoms with van der Waals surface area (Å²) in [7, 11) is 3.21. The van der Waals surface area contributed by atoms with E-state index in [4.69, 9.17) is 14.2 Å². The van der Waals surface area contributed by atoms with Crippen LogP contribution in [0.4, 0.5) is 0 Å². The van der Waals surface area contributed by atoms with Crippen molar-refractivity contribution >= 4 is 34.2 Å². The standard InChI is InChI=1S/C18H19IN2O4/c1-12(13-4-6-14(23-2)7-5-13)20-21-18(22)11-25-17-9-8-15(24-3)10-16(17)19/h4-10H,11H2,1-3H3,(H,21,22). The highest BCUT2D eigenvalue weighted by molar-refractivity contribution is 14.1. The molecule has 0 bridgehead atoms. The van der Waals surface area contributed by atoms with Gasteiger partial charge in [-0.2, -0.15) is 5.10 Å². The van der Waals surface area contributed by atoms with Gasteiger partial charge in [-0.3, -0.25) is 4.79 Å². The number of nitrogens with zero attached hydrogens (tertiary/aromatic N) is 1. The summed E-state index contributed by atoms with van der Waals surface area (Å²) < 4.78 is 16.6. The first kappa shape index (κ1) is 19.0. The second-order valence-corrected chi connectivity index (χ2v) is 6.21. The molecule has 6 nitrogen and oxygen atoms in total. The SMILES string of the molecule is COc1ccc(C(C)=NNC(=O)COc2ccc(OC)cc2I)cc1. The maximum Gasteiger partial charge on any atom is 0.277 e. The van der Waals surface area contributed by atoms with Gasteiger partial charge < -0.3 is 14.2 Å². The third-order valence-electron chi connectivity index (χ3n) is 3.35. The fourth-order valence-corrected chi connectivity index (χ4v) is 2.59. The van der Waals surface area contributed by atoms with E-state index >= 15 is 0 Å². The van der Waals surface area contributed by atoms with E-state index in [-0.39, 0.29) is 12.5 Å². The van der Waals surface area contributed by atoms with Gasteiger partial charge in [-0.15, -0.1) is 0 Å². The van der Waals surface area contributed by atoms with Crippen molar-refractivity contribution in [3.63, 3.8) is 0 Å². The lowest BCUT2D eigenvalue weighted by Gasteiger charge is -2.09. The van der Waals surface area contributed by atoms with Crippen LogP contribution in [0.15, 0.2) is 47.6 Å². The molecule has 7 heteroatoms. The maximum atomic E-state index is 11.9. The van der Waals surface area contributed by atoms with Crippen molar-refractivity contribution < 1.29 is 19.0 Å². The summed E-state index contributed by atoms with van der Waals surface area (Å²) in [6.45, 7) is 1.69. The molecule has 0 aromatic heterocycles. The molecule has 0 unspecified atom stereocenters. The van der Waals surface area contributed by atoms with Crippen LogP contribution in [0.25, 0.3) is 0 Å². The van der Waals surface area contributed by atoms with Crippen molar-refractivity contribution in [1.29, 1.82) is 0 Å². The Morgan fingerprint density at radius 2 is 1.72 bits per heavy atom. The molecule has 1 N–H and O–H groups in total. The molecule has 0 aliphatic rings. The van der Waals surface area contributed by atoms with Crippen LogP contribution in [-0.2, 0) is 4.79 Å². The molecule has 0 heterocycles. The van der Waals surface area contributed by atoms with Crippen molar-refractivity contribution in [2.75, 3.05) is 20.8 Å². The van der Waals surface area contributed by atoms with Gasteiger partial charge in [-0.05, 0) is 77.5 Å². The third kappa shape index (κ3) is 5.63. The van der Waals surface area contributed by atoms with Crippen molar-refractivity contribution in [1.82, 2.24) is 5.43 Å². The molecule has 1 amide bonds. The number of benzene rings is 2. The monoisotopic (exact) mass is 454 g/mol. The van der Waals surface area contributed by atoms with Gasteiger partial charge in [-0.1, -0.05) is 0 Å². The largest absolute Gasteiger partial charge is 0.497 e. The van der Waals surface area contributed by atoms with E-state index in [0.29, 0.717) is 11.5 Å². The van der Waals surface area contributed by atoms with Crippen molar-refractivity contribution in [3.05, 3.63) is 51.6 Å². The van der Waals surface area contributed by atoms with Crippen molar-refractivity contribution in [3.8, 4) is 17.2 Å². The van der Waals surface area contributed by atoms with Crippen LogP contribution in [0, 0.1) is 3.57 Å². The summed E-state index contributed by atoms with van der Waals surface area (Å²) in [4.78, 5) is 11.9. The second kappa shape index (κ2) is 9.26. The zero-order valence-corrected chi connectivity index (χ0v) is 16.4. The number of carbonyl (C=O) groups excluding carboxylic acids is 1. The van der Waals surface area contributed by atoms with Gasteiger partial charge in [0.1, 0.15) is 17.2 Å². The highest BCUT2D eigenvalue weighted by Gasteiger charge is 2.07. The van der Waals surface area contributed by atoms with E-state index in [9.17, 15) is 4.79 Å². The van der Waals surface area contributed by atoms with Gasteiger partial charge in [-0.25, -0.2) is 5.43 Å². The van der Waals surface area contributed by atoms with E-state index < -0.39 is 0 Å². The number of hydrazone groups is 1. The first-order chi connectivity index (χ1) is 12.0. The van der Waals surface area contributed by atoms with E-state index in [1.165, 1.54) is 0 Å². The predicted octanol–water partition coefficient (Wildman–Crippen LogP) is 3.23. The topological polar surface area (TPSA) is 69.2 Å². The Balaban J connectivity index is 1.89. The van der Waals surface area contributed by atoms with Gasteiger partial charge in [0.25, 0.3) is 5.91 Å². The minimum atomic E-state index is -0.334. The molecule has 0 aliphatic heterocycles. The Morgan fingerprint density at radius 3 is 2.32 bits per heavy atom.